The molecule has 1 heterocycles. The zero-order valence-electron chi connectivity index (χ0n) is 7.23. The van der Waals surface area contributed by atoms with Crippen molar-refractivity contribution in [2.24, 2.45) is 5.73 Å². The average Bonchev–Trinajstić information content (AvgIpc) is 2.42. The predicted molar refractivity (Wildman–Crippen MR) is 47.6 cm³/mol. The lowest BCUT2D eigenvalue weighted by atomic mass is 10.4. The highest BCUT2D eigenvalue weighted by molar-refractivity contribution is 6.12. The minimum atomic E-state index is -0.252. The SMILES string of the molecule is NCOCCCN1C(=O)C=CC1=O.[HH]. The van der Waals surface area contributed by atoms with E-state index in [1.165, 1.54) is 17.1 Å². The van der Waals surface area contributed by atoms with Crippen LogP contribution in [0.2, 0.25) is 0 Å². The molecule has 0 spiro atoms. The van der Waals surface area contributed by atoms with E-state index in [1.54, 1.807) is 0 Å². The van der Waals surface area contributed by atoms with Crippen LogP contribution in [0.5, 0.6) is 0 Å². The summed E-state index contributed by atoms with van der Waals surface area (Å²) in [5.41, 5.74) is 5.10. The van der Waals surface area contributed by atoms with Crippen LogP contribution in [-0.4, -0.2) is 36.6 Å². The first-order valence-electron chi connectivity index (χ1n) is 4.07. The molecule has 1 aliphatic rings. The Morgan fingerprint density at radius 3 is 2.54 bits per heavy atom. The topological polar surface area (TPSA) is 72.6 Å². The molecular formula is C8H14N2O3. The minimum absolute atomic E-state index is 0. The molecule has 0 saturated carbocycles. The maximum atomic E-state index is 11.0. The Hall–Kier alpha value is -1.20. The molecule has 1 aliphatic heterocycles. The van der Waals surface area contributed by atoms with Crippen molar-refractivity contribution in [3.05, 3.63) is 12.2 Å². The number of imide groups is 1. The molecule has 1 rings (SSSR count). The fraction of sp³-hybridized carbons (Fsp3) is 0.500. The van der Waals surface area contributed by atoms with Crippen LogP contribution in [0.1, 0.15) is 7.85 Å². The Bertz CT molecular complexity index is 225. The first kappa shape index (κ1) is 9.88. The van der Waals surface area contributed by atoms with E-state index >= 15 is 0 Å². The van der Waals surface area contributed by atoms with E-state index in [0.717, 1.165) is 0 Å². The summed E-state index contributed by atoms with van der Waals surface area (Å²) in [4.78, 5) is 23.2. The monoisotopic (exact) mass is 186 g/mol. The van der Waals surface area contributed by atoms with Crippen LogP contribution in [0.3, 0.4) is 0 Å². The quantitative estimate of drug-likeness (QED) is 0.356. The Morgan fingerprint density at radius 1 is 1.38 bits per heavy atom. The summed E-state index contributed by atoms with van der Waals surface area (Å²) >= 11 is 0. The molecule has 13 heavy (non-hydrogen) atoms. The van der Waals surface area contributed by atoms with E-state index in [0.29, 0.717) is 19.6 Å². The van der Waals surface area contributed by atoms with Gasteiger partial charge in [-0.15, -0.1) is 0 Å². The van der Waals surface area contributed by atoms with Crippen LogP contribution in [-0.2, 0) is 14.3 Å². The second kappa shape index (κ2) is 4.74. The van der Waals surface area contributed by atoms with Crippen molar-refractivity contribution < 1.29 is 15.8 Å². The third-order valence-corrected chi connectivity index (χ3v) is 1.69. The van der Waals surface area contributed by atoms with Gasteiger partial charge in [0.05, 0.1) is 13.3 Å². The number of nitrogens with zero attached hydrogens (tertiary/aromatic N) is 1. The van der Waals surface area contributed by atoms with E-state index in [1.807, 2.05) is 0 Å². The molecule has 0 saturated heterocycles. The van der Waals surface area contributed by atoms with Crippen LogP contribution in [0, 0.1) is 0 Å². The number of hydrogen-bond acceptors (Lipinski definition) is 4. The summed E-state index contributed by atoms with van der Waals surface area (Å²) < 4.78 is 4.87. The van der Waals surface area contributed by atoms with Crippen molar-refractivity contribution in [1.82, 2.24) is 4.90 Å². The van der Waals surface area contributed by atoms with Gasteiger partial charge in [0, 0.05) is 20.1 Å². The highest BCUT2D eigenvalue weighted by Crippen LogP contribution is 2.03. The van der Waals surface area contributed by atoms with E-state index < -0.39 is 0 Å². The summed E-state index contributed by atoms with van der Waals surface area (Å²) in [5.74, 6) is -0.504. The molecule has 0 unspecified atom stereocenters. The number of carbonyl (C=O) groups excluding carboxylic acids is 2. The standard InChI is InChI=1S/C8H12N2O3.H2/c9-6-13-5-1-4-10-7(11)2-3-8(10)12;/h2-3H,1,4-6,9H2;1H. The van der Waals surface area contributed by atoms with E-state index in [9.17, 15) is 9.59 Å². The Kier molecular flexibility index (Phi) is 3.60. The van der Waals surface area contributed by atoms with Crippen molar-refractivity contribution in [1.29, 1.82) is 0 Å². The Labute approximate surface area is 77.6 Å². The molecule has 2 amide bonds. The Morgan fingerprint density at radius 2 is 2.00 bits per heavy atom. The molecule has 0 aromatic rings. The molecule has 2 N–H and O–H groups in total. The van der Waals surface area contributed by atoms with E-state index in [2.05, 4.69) is 0 Å². The summed E-state index contributed by atoms with van der Waals surface area (Å²) in [5, 5.41) is 0. The van der Waals surface area contributed by atoms with Gasteiger partial charge in [-0.3, -0.25) is 14.5 Å². The van der Waals surface area contributed by atoms with Gasteiger partial charge in [0.15, 0.2) is 0 Å². The second-order valence-electron chi connectivity index (χ2n) is 2.59. The van der Waals surface area contributed by atoms with Crippen LogP contribution in [0.4, 0.5) is 0 Å². The number of carbonyl (C=O) groups is 2. The summed E-state index contributed by atoms with van der Waals surface area (Å²) in [6.07, 6.45) is 3.16. The van der Waals surface area contributed by atoms with Gasteiger partial charge in [0.25, 0.3) is 11.8 Å². The van der Waals surface area contributed by atoms with Crippen LogP contribution in [0.15, 0.2) is 12.2 Å². The van der Waals surface area contributed by atoms with Crippen molar-refractivity contribution in [2.75, 3.05) is 19.9 Å². The molecule has 74 valence electrons. The largest absolute Gasteiger partial charge is 0.366 e. The third-order valence-electron chi connectivity index (χ3n) is 1.69. The fourth-order valence-electron chi connectivity index (χ4n) is 1.06. The zero-order valence-corrected chi connectivity index (χ0v) is 7.23. The molecule has 0 bridgehead atoms. The van der Waals surface area contributed by atoms with Crippen LogP contribution in [0.25, 0.3) is 0 Å². The van der Waals surface area contributed by atoms with E-state index in [4.69, 9.17) is 10.5 Å². The predicted octanol–water partition coefficient (Wildman–Crippen LogP) is -0.520. The van der Waals surface area contributed by atoms with Crippen molar-refractivity contribution in [3.63, 3.8) is 0 Å². The van der Waals surface area contributed by atoms with Gasteiger partial charge >= 0.3 is 0 Å². The molecule has 0 aliphatic carbocycles. The normalized spacial score (nSPS) is 15.9. The van der Waals surface area contributed by atoms with Gasteiger partial charge in [-0.2, -0.15) is 0 Å². The molecule has 0 radical (unpaired) electrons. The molecule has 0 aromatic carbocycles. The van der Waals surface area contributed by atoms with Crippen molar-refractivity contribution in [3.8, 4) is 0 Å². The summed E-state index contributed by atoms with van der Waals surface area (Å²) in [6.45, 7) is 1.03. The smallest absolute Gasteiger partial charge is 0.253 e. The Balaban J connectivity index is 0.00000169. The fourth-order valence-corrected chi connectivity index (χ4v) is 1.06. The van der Waals surface area contributed by atoms with Gasteiger partial charge in [0.2, 0.25) is 0 Å². The molecule has 0 fully saturated rings. The van der Waals surface area contributed by atoms with E-state index in [-0.39, 0.29) is 20.0 Å². The highest BCUT2D eigenvalue weighted by Gasteiger charge is 2.21. The summed E-state index contributed by atoms with van der Waals surface area (Å²) in [7, 11) is 0. The molecule has 5 heteroatoms. The number of amides is 2. The van der Waals surface area contributed by atoms with Gasteiger partial charge in [-0.25, -0.2) is 0 Å². The molecule has 0 aromatic heterocycles. The van der Waals surface area contributed by atoms with Crippen molar-refractivity contribution in [2.45, 2.75) is 6.42 Å². The second-order valence-corrected chi connectivity index (χ2v) is 2.59. The lowest BCUT2D eigenvalue weighted by Crippen LogP contribution is -2.31. The third kappa shape index (κ3) is 2.64. The van der Waals surface area contributed by atoms with Gasteiger partial charge < -0.3 is 10.5 Å². The first-order chi connectivity index (χ1) is 6.25. The number of nitrogens with two attached hydrogens (primary N) is 1. The first-order valence-corrected chi connectivity index (χ1v) is 4.07. The maximum absolute atomic E-state index is 11.0. The van der Waals surface area contributed by atoms with Crippen LogP contribution < -0.4 is 5.73 Å². The van der Waals surface area contributed by atoms with Gasteiger partial charge in [0.1, 0.15) is 0 Å². The van der Waals surface area contributed by atoms with Crippen LogP contribution >= 0.6 is 0 Å². The summed E-state index contributed by atoms with van der Waals surface area (Å²) in [6, 6.07) is 0. The van der Waals surface area contributed by atoms with Gasteiger partial charge in [-0.1, -0.05) is 0 Å². The zero-order chi connectivity index (χ0) is 9.68. The molecule has 5 nitrogen and oxygen atoms in total. The minimum Gasteiger partial charge on any atom is -0.366 e. The van der Waals surface area contributed by atoms with Crippen molar-refractivity contribution >= 4 is 11.8 Å². The number of hydrogen-bond donors (Lipinski definition) is 1. The van der Waals surface area contributed by atoms with Gasteiger partial charge in [-0.05, 0) is 6.42 Å². The molecular weight excluding hydrogens is 172 g/mol. The number of rotatable bonds is 5. The number of ether oxygens (including phenoxy) is 1. The molecule has 0 atom stereocenters. The maximum Gasteiger partial charge on any atom is 0.253 e. The lowest BCUT2D eigenvalue weighted by molar-refractivity contribution is -0.136. The average molecular weight is 186 g/mol. The highest BCUT2D eigenvalue weighted by atomic mass is 16.5. The lowest BCUT2D eigenvalue weighted by Gasteiger charge is -2.12.